The third kappa shape index (κ3) is 4.04. The molecule has 7 nitrogen and oxygen atoms in total. The second kappa shape index (κ2) is 8.33. The molecule has 1 saturated heterocycles. The highest BCUT2D eigenvalue weighted by molar-refractivity contribution is 7.89. The van der Waals surface area contributed by atoms with Gasteiger partial charge in [-0.05, 0) is 68.5 Å². The predicted molar refractivity (Wildman–Crippen MR) is 124 cm³/mol. The molecule has 32 heavy (non-hydrogen) atoms. The van der Waals surface area contributed by atoms with Crippen LogP contribution in [0.4, 0.5) is 11.4 Å². The third-order valence-electron chi connectivity index (χ3n) is 6.45. The summed E-state index contributed by atoms with van der Waals surface area (Å²) in [5.74, 6) is -0.0157. The number of piperidine rings is 1. The quantitative estimate of drug-likeness (QED) is 0.749. The van der Waals surface area contributed by atoms with Gasteiger partial charge in [0, 0.05) is 24.5 Å². The summed E-state index contributed by atoms with van der Waals surface area (Å²) in [6.45, 7) is 6.55. The Labute approximate surface area is 189 Å². The van der Waals surface area contributed by atoms with E-state index in [2.05, 4.69) is 12.2 Å². The summed E-state index contributed by atoms with van der Waals surface area (Å²) >= 11 is 0. The average molecular weight is 456 g/mol. The number of nitrogens with one attached hydrogen (secondary N) is 1. The van der Waals surface area contributed by atoms with Gasteiger partial charge in [0.15, 0.2) is 0 Å². The molecule has 4 rings (SSSR count). The Balaban J connectivity index is 1.60. The summed E-state index contributed by atoms with van der Waals surface area (Å²) in [5, 5.41) is 2.79. The van der Waals surface area contributed by atoms with Crippen LogP contribution in [0.15, 0.2) is 53.4 Å². The average Bonchev–Trinajstić information content (AvgIpc) is 2.95. The minimum absolute atomic E-state index is 0.139. The molecule has 0 aliphatic carbocycles. The van der Waals surface area contributed by atoms with Gasteiger partial charge in [-0.3, -0.25) is 9.59 Å². The van der Waals surface area contributed by atoms with Crippen LogP contribution in [0.25, 0.3) is 0 Å². The van der Waals surface area contributed by atoms with Crippen molar-refractivity contribution >= 4 is 33.2 Å². The summed E-state index contributed by atoms with van der Waals surface area (Å²) in [5.41, 5.74) is 0.932. The zero-order valence-electron chi connectivity index (χ0n) is 18.7. The number of para-hydroxylation sites is 1. The third-order valence-corrected chi connectivity index (χ3v) is 8.35. The number of carbonyl (C=O) groups excluding carboxylic acids is 2. The van der Waals surface area contributed by atoms with Crippen molar-refractivity contribution in [2.45, 2.75) is 43.9 Å². The van der Waals surface area contributed by atoms with E-state index in [0.717, 1.165) is 12.8 Å². The molecule has 0 spiro atoms. The van der Waals surface area contributed by atoms with E-state index in [1.165, 1.54) is 9.21 Å². The molecule has 2 aliphatic heterocycles. The van der Waals surface area contributed by atoms with Gasteiger partial charge < -0.3 is 10.2 Å². The van der Waals surface area contributed by atoms with Crippen LogP contribution >= 0.6 is 0 Å². The lowest BCUT2D eigenvalue weighted by atomic mass is 9.86. The summed E-state index contributed by atoms with van der Waals surface area (Å²) in [6.07, 6.45) is 1.69. The van der Waals surface area contributed by atoms with Crippen molar-refractivity contribution in [3.63, 3.8) is 0 Å². The lowest BCUT2D eigenvalue weighted by molar-refractivity contribution is -0.124. The Morgan fingerprint density at radius 2 is 1.75 bits per heavy atom. The Hall–Kier alpha value is -2.71. The van der Waals surface area contributed by atoms with Gasteiger partial charge in [-0.15, -0.1) is 0 Å². The fourth-order valence-electron chi connectivity index (χ4n) is 4.37. The van der Waals surface area contributed by atoms with Gasteiger partial charge in [0.25, 0.3) is 0 Å². The predicted octanol–water partition coefficient (Wildman–Crippen LogP) is 3.37. The van der Waals surface area contributed by atoms with E-state index in [9.17, 15) is 18.0 Å². The number of hydrogen-bond donors (Lipinski definition) is 1. The number of carbonyl (C=O) groups is 2. The van der Waals surface area contributed by atoms with Crippen molar-refractivity contribution in [2.75, 3.05) is 29.9 Å². The zero-order valence-corrected chi connectivity index (χ0v) is 19.5. The lowest BCUT2D eigenvalue weighted by Gasteiger charge is -2.29. The minimum Gasteiger partial charge on any atom is -0.325 e. The van der Waals surface area contributed by atoms with Crippen LogP contribution in [0.1, 0.15) is 39.2 Å². The molecular weight excluding hydrogens is 426 g/mol. The zero-order chi connectivity index (χ0) is 23.1. The topological polar surface area (TPSA) is 86.8 Å². The van der Waals surface area contributed by atoms with Gasteiger partial charge in [-0.1, -0.05) is 25.1 Å². The lowest BCUT2D eigenvalue weighted by Crippen LogP contribution is -2.40. The van der Waals surface area contributed by atoms with Crippen molar-refractivity contribution in [3.05, 3.63) is 54.1 Å². The fourth-order valence-corrected chi connectivity index (χ4v) is 5.87. The highest BCUT2D eigenvalue weighted by Crippen LogP contribution is 2.43. The first kappa shape index (κ1) is 22.5. The van der Waals surface area contributed by atoms with E-state index in [-0.39, 0.29) is 23.3 Å². The standard InChI is InChI=1S/C24H29N3O4S/c1-17-11-13-26(14-12-17)32(30,31)19-9-10-21-20(15-19)24(2,3)23(29)27(21)16-22(28)25-18-7-5-4-6-8-18/h4-10,15,17H,11-14,16H2,1-3H3,(H,25,28). The maximum atomic E-state index is 13.2. The summed E-state index contributed by atoms with van der Waals surface area (Å²) < 4.78 is 28.0. The van der Waals surface area contributed by atoms with Crippen molar-refractivity contribution in [1.82, 2.24) is 4.31 Å². The normalized spacial score (nSPS) is 19.1. The van der Waals surface area contributed by atoms with Gasteiger partial charge >= 0.3 is 0 Å². The maximum absolute atomic E-state index is 13.2. The maximum Gasteiger partial charge on any atom is 0.244 e. The second-order valence-corrected chi connectivity index (χ2v) is 11.1. The van der Waals surface area contributed by atoms with Crippen LogP contribution < -0.4 is 10.2 Å². The highest BCUT2D eigenvalue weighted by atomic mass is 32.2. The molecule has 1 N–H and O–H groups in total. The van der Waals surface area contributed by atoms with Crippen molar-refractivity contribution in [1.29, 1.82) is 0 Å². The Morgan fingerprint density at radius 3 is 2.41 bits per heavy atom. The number of fused-ring (bicyclic) bond motifs is 1. The smallest absolute Gasteiger partial charge is 0.244 e. The van der Waals surface area contributed by atoms with Crippen LogP contribution in [-0.2, 0) is 25.0 Å². The molecule has 8 heteroatoms. The SMILES string of the molecule is CC1CCN(S(=O)(=O)c2ccc3c(c2)C(C)(C)C(=O)N3CC(=O)Nc2ccccc2)CC1. The highest BCUT2D eigenvalue weighted by Gasteiger charge is 2.45. The number of rotatable bonds is 5. The van der Waals surface area contributed by atoms with Crippen LogP contribution in [-0.4, -0.2) is 44.2 Å². The molecule has 0 aromatic heterocycles. The number of benzene rings is 2. The van der Waals surface area contributed by atoms with Crippen molar-refractivity contribution in [3.8, 4) is 0 Å². The van der Waals surface area contributed by atoms with Crippen LogP contribution in [0.3, 0.4) is 0 Å². The first-order valence-electron chi connectivity index (χ1n) is 10.9. The number of sulfonamides is 1. The van der Waals surface area contributed by atoms with Crippen LogP contribution in [0, 0.1) is 5.92 Å². The van der Waals surface area contributed by atoms with E-state index in [1.54, 1.807) is 44.2 Å². The van der Waals surface area contributed by atoms with E-state index in [4.69, 9.17) is 0 Å². The van der Waals surface area contributed by atoms with Crippen LogP contribution in [0.2, 0.25) is 0 Å². The fraction of sp³-hybridized carbons (Fsp3) is 0.417. The molecule has 0 atom stereocenters. The molecule has 1 fully saturated rings. The number of hydrogen-bond acceptors (Lipinski definition) is 4. The van der Waals surface area contributed by atoms with Crippen molar-refractivity contribution < 1.29 is 18.0 Å². The molecule has 0 radical (unpaired) electrons. The van der Waals surface area contributed by atoms with Crippen LogP contribution in [0.5, 0.6) is 0 Å². The summed E-state index contributed by atoms with van der Waals surface area (Å²) in [7, 11) is -3.63. The second-order valence-electron chi connectivity index (χ2n) is 9.20. The molecule has 0 unspecified atom stereocenters. The van der Waals surface area contributed by atoms with Gasteiger partial charge in [-0.25, -0.2) is 8.42 Å². The van der Waals surface area contributed by atoms with Gasteiger partial charge in [-0.2, -0.15) is 4.31 Å². The first-order chi connectivity index (χ1) is 15.1. The summed E-state index contributed by atoms with van der Waals surface area (Å²) in [6, 6.07) is 13.9. The van der Waals surface area contributed by atoms with Crippen molar-refractivity contribution in [2.24, 2.45) is 5.92 Å². The van der Waals surface area contributed by atoms with E-state index >= 15 is 0 Å². The number of anilines is 2. The Morgan fingerprint density at radius 1 is 1.09 bits per heavy atom. The van der Waals surface area contributed by atoms with E-state index < -0.39 is 15.4 Å². The Bertz CT molecular complexity index is 1140. The molecule has 2 aromatic rings. The van der Waals surface area contributed by atoms with E-state index in [1.807, 2.05) is 18.2 Å². The largest absolute Gasteiger partial charge is 0.325 e. The summed E-state index contributed by atoms with van der Waals surface area (Å²) in [4.78, 5) is 27.4. The number of amides is 2. The van der Waals surface area contributed by atoms with Gasteiger partial charge in [0.2, 0.25) is 21.8 Å². The molecule has 2 aromatic carbocycles. The monoisotopic (exact) mass is 455 g/mol. The molecule has 0 saturated carbocycles. The molecular formula is C24H29N3O4S. The molecule has 2 heterocycles. The molecule has 2 amide bonds. The van der Waals surface area contributed by atoms with Gasteiger partial charge in [0.1, 0.15) is 6.54 Å². The van der Waals surface area contributed by atoms with Gasteiger partial charge in [0.05, 0.1) is 10.3 Å². The van der Waals surface area contributed by atoms with E-state index in [0.29, 0.717) is 35.9 Å². The minimum atomic E-state index is -3.63. The first-order valence-corrected chi connectivity index (χ1v) is 12.4. The number of nitrogens with zero attached hydrogens (tertiary/aromatic N) is 2. The Kier molecular flexibility index (Phi) is 5.85. The molecule has 2 aliphatic rings. The molecule has 170 valence electrons. The molecule has 0 bridgehead atoms.